The van der Waals surface area contributed by atoms with E-state index in [9.17, 15) is 5.11 Å². The Labute approximate surface area is 102 Å². The molecule has 92 valence electrons. The molecule has 0 amide bonds. The van der Waals surface area contributed by atoms with Gasteiger partial charge in [0.2, 0.25) is 0 Å². The lowest BCUT2D eigenvalue weighted by Gasteiger charge is -2.50. The van der Waals surface area contributed by atoms with Gasteiger partial charge in [-0.3, -0.25) is 0 Å². The molecular formula is C13H22O2S. The van der Waals surface area contributed by atoms with Crippen LogP contribution in [-0.4, -0.2) is 29.0 Å². The fourth-order valence-corrected chi connectivity index (χ4v) is 4.77. The first-order valence-corrected chi connectivity index (χ1v) is 7.21. The number of aliphatic hydroxyl groups excluding tert-OH is 1. The van der Waals surface area contributed by atoms with E-state index in [1.165, 1.54) is 18.4 Å². The van der Waals surface area contributed by atoms with Gasteiger partial charge in [-0.15, -0.1) is 11.8 Å². The Balaban J connectivity index is 2.34. The summed E-state index contributed by atoms with van der Waals surface area (Å²) in [6, 6.07) is 0. The van der Waals surface area contributed by atoms with E-state index in [-0.39, 0.29) is 17.0 Å². The van der Waals surface area contributed by atoms with E-state index in [2.05, 4.69) is 19.9 Å². The summed E-state index contributed by atoms with van der Waals surface area (Å²) in [5.74, 6) is 1.10. The second-order valence-electron chi connectivity index (χ2n) is 4.92. The number of hydrogen-bond donors (Lipinski definition) is 1. The lowest BCUT2D eigenvalue weighted by molar-refractivity contribution is -0.0537. The number of rotatable bonds is 2. The molecule has 2 nitrogen and oxygen atoms in total. The minimum Gasteiger partial charge on any atom is -0.396 e. The summed E-state index contributed by atoms with van der Waals surface area (Å²) in [5.41, 5.74) is 1.50. The molecule has 2 fully saturated rings. The molecule has 2 aliphatic rings. The molecule has 16 heavy (non-hydrogen) atoms. The van der Waals surface area contributed by atoms with E-state index >= 15 is 0 Å². The smallest absolute Gasteiger partial charge is 0.122 e. The van der Waals surface area contributed by atoms with Gasteiger partial charge in [-0.1, -0.05) is 18.6 Å². The highest BCUT2D eigenvalue weighted by Crippen LogP contribution is 2.59. The van der Waals surface area contributed by atoms with Gasteiger partial charge >= 0.3 is 0 Å². The van der Waals surface area contributed by atoms with Crippen LogP contribution in [0.15, 0.2) is 11.6 Å². The molecule has 1 aliphatic heterocycles. The zero-order valence-electron chi connectivity index (χ0n) is 10.3. The summed E-state index contributed by atoms with van der Waals surface area (Å²) in [4.78, 5) is -0.0597. The molecule has 3 heteroatoms. The van der Waals surface area contributed by atoms with Crippen LogP contribution >= 0.6 is 11.8 Å². The number of ether oxygens (including phenoxy) is 1. The Morgan fingerprint density at radius 2 is 2.38 bits per heavy atom. The Bertz CT molecular complexity index is 282. The number of hydrogen-bond acceptors (Lipinski definition) is 3. The summed E-state index contributed by atoms with van der Waals surface area (Å²) in [5, 5.41) is 9.35. The average molecular weight is 242 g/mol. The monoisotopic (exact) mass is 242 g/mol. The maximum atomic E-state index is 9.35. The highest BCUT2D eigenvalue weighted by molar-refractivity contribution is 8.00. The van der Waals surface area contributed by atoms with Gasteiger partial charge in [0.05, 0.1) is 6.61 Å². The number of aliphatic hydroxyl groups is 1. The normalized spacial score (nSPS) is 42.1. The average Bonchev–Trinajstić information content (AvgIpc) is 2.73. The minimum atomic E-state index is -0.0597. The van der Waals surface area contributed by atoms with Crippen LogP contribution < -0.4 is 0 Å². The van der Waals surface area contributed by atoms with Crippen molar-refractivity contribution in [2.75, 3.05) is 19.0 Å². The molecule has 1 saturated heterocycles. The van der Waals surface area contributed by atoms with E-state index in [4.69, 9.17) is 4.74 Å². The SMILES string of the molecule is C/C=C1\CCC[C@]2(OCCS2)[C@@]1(C)CCO. The van der Waals surface area contributed by atoms with Crippen LogP contribution in [0.1, 0.15) is 39.5 Å². The Morgan fingerprint density at radius 3 is 2.94 bits per heavy atom. The summed E-state index contributed by atoms with van der Waals surface area (Å²) in [7, 11) is 0. The summed E-state index contributed by atoms with van der Waals surface area (Å²) in [6.45, 7) is 5.50. The van der Waals surface area contributed by atoms with Crippen LogP contribution in [0.25, 0.3) is 0 Å². The van der Waals surface area contributed by atoms with Gasteiger partial charge in [0.25, 0.3) is 0 Å². The first-order chi connectivity index (χ1) is 7.68. The third-order valence-corrected chi connectivity index (χ3v) is 5.83. The quantitative estimate of drug-likeness (QED) is 0.755. The predicted octanol–water partition coefficient (Wildman–Crippen LogP) is 2.97. The van der Waals surface area contributed by atoms with Crippen LogP contribution in [0.5, 0.6) is 0 Å². The Morgan fingerprint density at radius 1 is 1.56 bits per heavy atom. The first kappa shape index (κ1) is 12.5. The van der Waals surface area contributed by atoms with Crippen LogP contribution in [-0.2, 0) is 4.74 Å². The van der Waals surface area contributed by atoms with Crippen molar-refractivity contribution in [3.8, 4) is 0 Å². The van der Waals surface area contributed by atoms with Gasteiger partial charge in [0.1, 0.15) is 4.93 Å². The molecule has 0 aromatic rings. The Kier molecular flexibility index (Phi) is 3.67. The molecule has 0 unspecified atom stereocenters. The van der Waals surface area contributed by atoms with Gasteiger partial charge in [0.15, 0.2) is 0 Å². The van der Waals surface area contributed by atoms with Gasteiger partial charge in [-0.25, -0.2) is 0 Å². The second-order valence-corrected chi connectivity index (χ2v) is 6.28. The highest BCUT2D eigenvalue weighted by atomic mass is 32.2. The predicted molar refractivity (Wildman–Crippen MR) is 68.6 cm³/mol. The molecule has 1 aliphatic carbocycles. The topological polar surface area (TPSA) is 29.5 Å². The molecule has 0 aromatic heterocycles. The molecule has 1 heterocycles. The van der Waals surface area contributed by atoms with Crippen molar-refractivity contribution < 1.29 is 9.84 Å². The Hall–Kier alpha value is 0.01000. The van der Waals surface area contributed by atoms with Crippen molar-refractivity contribution in [2.24, 2.45) is 5.41 Å². The standard InChI is InChI=1S/C13H22O2S/c1-3-11-5-4-6-13(15-9-10-16-13)12(11,2)7-8-14/h3,14H,4-10H2,1-2H3/b11-3+/t12-,13+/m0/s1. The summed E-state index contributed by atoms with van der Waals surface area (Å²) < 4.78 is 6.09. The van der Waals surface area contributed by atoms with Crippen LogP contribution in [0.2, 0.25) is 0 Å². The van der Waals surface area contributed by atoms with Crippen LogP contribution in [0.4, 0.5) is 0 Å². The van der Waals surface area contributed by atoms with E-state index in [0.717, 1.165) is 25.2 Å². The van der Waals surface area contributed by atoms with Gasteiger partial charge in [-0.2, -0.15) is 0 Å². The number of allylic oxidation sites excluding steroid dienone is 1. The maximum Gasteiger partial charge on any atom is 0.122 e. The maximum absolute atomic E-state index is 9.35. The van der Waals surface area contributed by atoms with Crippen molar-refractivity contribution in [1.82, 2.24) is 0 Å². The van der Waals surface area contributed by atoms with E-state index in [1.54, 1.807) is 0 Å². The van der Waals surface area contributed by atoms with E-state index < -0.39 is 0 Å². The van der Waals surface area contributed by atoms with Crippen molar-refractivity contribution in [2.45, 2.75) is 44.5 Å². The van der Waals surface area contributed by atoms with E-state index in [0.29, 0.717) is 0 Å². The lowest BCUT2D eigenvalue weighted by Crippen LogP contribution is -2.48. The first-order valence-electron chi connectivity index (χ1n) is 6.23. The van der Waals surface area contributed by atoms with Crippen molar-refractivity contribution in [1.29, 1.82) is 0 Å². The van der Waals surface area contributed by atoms with Gasteiger partial charge in [0, 0.05) is 17.8 Å². The summed E-state index contributed by atoms with van der Waals surface area (Å²) in [6.07, 6.45) is 6.57. The van der Waals surface area contributed by atoms with Crippen LogP contribution in [0.3, 0.4) is 0 Å². The summed E-state index contributed by atoms with van der Waals surface area (Å²) >= 11 is 1.96. The largest absolute Gasteiger partial charge is 0.396 e. The third-order valence-electron chi connectivity index (χ3n) is 4.22. The molecule has 0 radical (unpaired) electrons. The molecule has 2 atom stereocenters. The van der Waals surface area contributed by atoms with Crippen molar-refractivity contribution >= 4 is 11.8 Å². The number of thioether (sulfide) groups is 1. The second kappa shape index (κ2) is 4.71. The van der Waals surface area contributed by atoms with E-state index in [1.807, 2.05) is 11.8 Å². The molecule has 0 bridgehead atoms. The lowest BCUT2D eigenvalue weighted by atomic mass is 9.67. The zero-order valence-corrected chi connectivity index (χ0v) is 11.1. The molecule has 1 spiro atoms. The molecule has 0 aromatic carbocycles. The molecular weight excluding hydrogens is 220 g/mol. The molecule has 1 saturated carbocycles. The van der Waals surface area contributed by atoms with Gasteiger partial charge in [-0.05, 0) is 32.6 Å². The minimum absolute atomic E-state index is 0.0237. The zero-order chi connectivity index (χ0) is 11.6. The van der Waals surface area contributed by atoms with Crippen molar-refractivity contribution in [3.05, 3.63) is 11.6 Å². The third kappa shape index (κ3) is 1.73. The fourth-order valence-electron chi connectivity index (χ4n) is 3.26. The van der Waals surface area contributed by atoms with Gasteiger partial charge < -0.3 is 9.84 Å². The molecule has 1 N–H and O–H groups in total. The fraction of sp³-hybridized carbons (Fsp3) is 0.846. The highest BCUT2D eigenvalue weighted by Gasteiger charge is 2.54. The van der Waals surface area contributed by atoms with Crippen molar-refractivity contribution in [3.63, 3.8) is 0 Å². The molecule has 2 rings (SSSR count). The van der Waals surface area contributed by atoms with Crippen LogP contribution in [0, 0.1) is 5.41 Å².